The molecule has 0 bridgehead atoms. The number of sulfonamides is 1. The van der Waals surface area contributed by atoms with E-state index in [1.54, 1.807) is 21.7 Å². The number of halogens is 1. The molecule has 0 spiro atoms. The lowest BCUT2D eigenvalue weighted by molar-refractivity contribution is -0.127. The third-order valence-corrected chi connectivity index (χ3v) is 7.33. The maximum atomic E-state index is 12.6. The van der Waals surface area contributed by atoms with Crippen molar-refractivity contribution in [2.75, 3.05) is 26.2 Å². The summed E-state index contributed by atoms with van der Waals surface area (Å²) >= 11 is 6.42. The van der Waals surface area contributed by atoms with Gasteiger partial charge < -0.3 is 4.90 Å². The Kier molecular flexibility index (Phi) is 8.28. The number of nitrogens with zero attached hydrogens (tertiary/aromatic N) is 4. The van der Waals surface area contributed by atoms with Crippen LogP contribution in [0.25, 0.3) is 12.2 Å². The van der Waals surface area contributed by atoms with E-state index in [9.17, 15) is 13.2 Å². The van der Waals surface area contributed by atoms with Gasteiger partial charge in [0.05, 0.1) is 5.69 Å². The summed E-state index contributed by atoms with van der Waals surface area (Å²) in [4.78, 5) is 14.3. The summed E-state index contributed by atoms with van der Waals surface area (Å²) in [6.45, 7) is 5.91. The summed E-state index contributed by atoms with van der Waals surface area (Å²) in [5, 5.41) is 6.19. The van der Waals surface area contributed by atoms with Crippen LogP contribution >= 0.6 is 11.6 Å². The second-order valence-electron chi connectivity index (χ2n) is 7.68. The van der Waals surface area contributed by atoms with Crippen molar-refractivity contribution in [2.24, 2.45) is 0 Å². The molecule has 1 amide bonds. The predicted molar refractivity (Wildman–Crippen MR) is 128 cm³/mol. The maximum Gasteiger partial charge on any atom is 0.246 e. The first-order chi connectivity index (χ1) is 15.3. The van der Waals surface area contributed by atoms with E-state index in [4.69, 9.17) is 11.6 Å². The molecule has 1 saturated heterocycles. The van der Waals surface area contributed by atoms with E-state index < -0.39 is 10.0 Å². The Morgan fingerprint density at radius 2 is 1.81 bits per heavy atom. The number of rotatable bonds is 8. The number of benzene rings is 1. The highest BCUT2D eigenvalue weighted by molar-refractivity contribution is 7.92. The molecule has 1 aliphatic heterocycles. The van der Waals surface area contributed by atoms with Gasteiger partial charge >= 0.3 is 0 Å². The van der Waals surface area contributed by atoms with Crippen LogP contribution in [0.2, 0.25) is 5.15 Å². The fourth-order valence-corrected chi connectivity index (χ4v) is 4.95. The first-order valence-corrected chi connectivity index (χ1v) is 12.6. The molecule has 32 heavy (non-hydrogen) atoms. The smallest absolute Gasteiger partial charge is 0.246 e. The van der Waals surface area contributed by atoms with Crippen molar-refractivity contribution >= 4 is 39.7 Å². The number of unbranched alkanes of at least 4 members (excludes halogenated alkanes) is 1. The number of carbonyl (C=O) groups excluding carboxylic acids is 1. The first kappa shape index (κ1) is 24.2. The lowest BCUT2D eigenvalue weighted by Crippen LogP contribution is -2.49. The highest BCUT2D eigenvalue weighted by atomic mass is 35.5. The molecular weight excluding hydrogens is 448 g/mol. The van der Waals surface area contributed by atoms with Crippen molar-refractivity contribution in [1.29, 1.82) is 0 Å². The fourth-order valence-electron chi connectivity index (χ4n) is 3.45. The van der Waals surface area contributed by atoms with E-state index in [-0.39, 0.29) is 19.0 Å². The van der Waals surface area contributed by atoms with Gasteiger partial charge in [-0.1, -0.05) is 55.3 Å². The zero-order chi connectivity index (χ0) is 23.1. The molecule has 0 unspecified atom stereocenters. The van der Waals surface area contributed by atoms with Gasteiger partial charge in [0.1, 0.15) is 5.15 Å². The van der Waals surface area contributed by atoms with Crippen molar-refractivity contribution < 1.29 is 13.2 Å². The Labute approximate surface area is 195 Å². The molecule has 172 valence electrons. The van der Waals surface area contributed by atoms with Crippen molar-refractivity contribution in [3.05, 3.63) is 63.8 Å². The van der Waals surface area contributed by atoms with Crippen LogP contribution in [-0.2, 0) is 21.4 Å². The van der Waals surface area contributed by atoms with Gasteiger partial charge in [0.2, 0.25) is 15.9 Å². The van der Waals surface area contributed by atoms with Gasteiger partial charge in [0, 0.05) is 49.8 Å². The van der Waals surface area contributed by atoms with Gasteiger partial charge in [-0.15, -0.1) is 0 Å². The molecular formula is C23H29ClN4O3S. The molecule has 9 heteroatoms. The molecule has 0 radical (unpaired) electrons. The fraction of sp³-hybridized carbons (Fsp3) is 0.391. The second kappa shape index (κ2) is 10.9. The van der Waals surface area contributed by atoms with Gasteiger partial charge in [-0.2, -0.15) is 9.40 Å². The van der Waals surface area contributed by atoms with Crippen molar-refractivity contribution in [3.8, 4) is 0 Å². The Morgan fingerprint density at radius 3 is 2.47 bits per heavy atom. The van der Waals surface area contributed by atoms with Crippen LogP contribution in [-0.4, -0.2) is 59.5 Å². The normalized spacial score (nSPS) is 15.8. The van der Waals surface area contributed by atoms with E-state index in [0.29, 0.717) is 18.2 Å². The number of amides is 1. The van der Waals surface area contributed by atoms with Gasteiger partial charge in [-0.3, -0.25) is 9.48 Å². The molecule has 1 aliphatic rings. The van der Waals surface area contributed by atoms with Crippen LogP contribution in [0.4, 0.5) is 0 Å². The standard InChI is InChI=1S/C23H29ClN4O3S/c1-3-4-13-28-23(24)21(19(2)25-28)10-11-22(29)26-14-16-27(17-15-26)32(30,31)18-12-20-8-6-5-7-9-20/h5-12,18H,3-4,13-17H2,1-2H3. The minimum absolute atomic E-state index is 0.168. The Bertz CT molecular complexity index is 1090. The SMILES string of the molecule is CCCCn1nc(C)c(C=CC(=O)N2CCN(S(=O)(=O)C=Cc3ccccc3)CC2)c1Cl. The largest absolute Gasteiger partial charge is 0.337 e. The summed E-state index contributed by atoms with van der Waals surface area (Å²) in [6, 6.07) is 9.28. The zero-order valence-electron chi connectivity index (χ0n) is 18.4. The van der Waals surface area contributed by atoms with Crippen LogP contribution in [0.5, 0.6) is 0 Å². The van der Waals surface area contributed by atoms with Crippen LogP contribution in [0.3, 0.4) is 0 Å². The summed E-state index contributed by atoms with van der Waals surface area (Å²) in [7, 11) is -3.53. The minimum atomic E-state index is -3.53. The molecule has 7 nitrogen and oxygen atoms in total. The topological polar surface area (TPSA) is 75.5 Å². The van der Waals surface area contributed by atoms with E-state index >= 15 is 0 Å². The van der Waals surface area contributed by atoms with Crippen molar-refractivity contribution in [3.63, 3.8) is 0 Å². The molecule has 0 aliphatic carbocycles. The number of carbonyl (C=O) groups is 1. The maximum absolute atomic E-state index is 12.6. The molecule has 1 fully saturated rings. The number of hydrogen-bond acceptors (Lipinski definition) is 4. The van der Waals surface area contributed by atoms with E-state index in [1.165, 1.54) is 15.8 Å². The summed E-state index contributed by atoms with van der Waals surface area (Å²) in [5.41, 5.74) is 2.33. The number of aromatic nitrogens is 2. The van der Waals surface area contributed by atoms with Gasteiger partial charge in [-0.25, -0.2) is 8.42 Å². The molecule has 0 atom stereocenters. The van der Waals surface area contributed by atoms with Crippen LogP contribution in [0.1, 0.15) is 36.6 Å². The summed E-state index contributed by atoms with van der Waals surface area (Å²) < 4.78 is 28.4. The molecule has 3 rings (SSSR count). The zero-order valence-corrected chi connectivity index (χ0v) is 20.0. The lowest BCUT2D eigenvalue weighted by Gasteiger charge is -2.32. The molecule has 0 saturated carbocycles. The predicted octanol–water partition coefficient (Wildman–Crippen LogP) is 3.80. The number of hydrogen-bond donors (Lipinski definition) is 0. The van der Waals surface area contributed by atoms with Gasteiger partial charge in [-0.05, 0) is 31.1 Å². The van der Waals surface area contributed by atoms with E-state index in [0.717, 1.165) is 36.2 Å². The molecule has 2 aromatic rings. The highest BCUT2D eigenvalue weighted by Gasteiger charge is 2.26. The average Bonchev–Trinajstić information content (AvgIpc) is 3.07. The third-order valence-electron chi connectivity index (χ3n) is 5.37. The molecule has 2 heterocycles. The number of piperazine rings is 1. The van der Waals surface area contributed by atoms with Crippen molar-refractivity contribution in [1.82, 2.24) is 19.0 Å². The summed E-state index contributed by atoms with van der Waals surface area (Å²) in [5.74, 6) is -0.168. The summed E-state index contributed by atoms with van der Waals surface area (Å²) in [6.07, 6.45) is 6.79. The Hall–Kier alpha value is -2.42. The number of aryl methyl sites for hydroxylation is 2. The van der Waals surface area contributed by atoms with E-state index in [1.807, 2.05) is 37.3 Å². The minimum Gasteiger partial charge on any atom is -0.337 e. The van der Waals surface area contributed by atoms with Crippen LogP contribution in [0, 0.1) is 6.92 Å². The lowest BCUT2D eigenvalue weighted by atomic mass is 10.2. The third kappa shape index (κ3) is 6.09. The van der Waals surface area contributed by atoms with Gasteiger partial charge in [0.25, 0.3) is 0 Å². The monoisotopic (exact) mass is 476 g/mol. The van der Waals surface area contributed by atoms with E-state index in [2.05, 4.69) is 12.0 Å². The highest BCUT2D eigenvalue weighted by Crippen LogP contribution is 2.22. The second-order valence-corrected chi connectivity index (χ2v) is 9.86. The molecule has 1 aromatic carbocycles. The Balaban J connectivity index is 1.58. The molecule has 0 N–H and O–H groups in total. The van der Waals surface area contributed by atoms with Crippen molar-refractivity contribution in [2.45, 2.75) is 33.2 Å². The first-order valence-electron chi connectivity index (χ1n) is 10.7. The quantitative estimate of drug-likeness (QED) is 0.543. The van der Waals surface area contributed by atoms with Gasteiger partial charge in [0.15, 0.2) is 0 Å². The molecule has 1 aromatic heterocycles. The Morgan fingerprint density at radius 1 is 1.12 bits per heavy atom. The average molecular weight is 477 g/mol. The van der Waals surface area contributed by atoms with Crippen LogP contribution < -0.4 is 0 Å². The van der Waals surface area contributed by atoms with Crippen LogP contribution in [0.15, 0.2) is 41.8 Å².